The minimum Gasteiger partial charge on any atom is -0.456 e. The number of fused-ring (bicyclic) bond motifs is 8. The summed E-state index contributed by atoms with van der Waals surface area (Å²) >= 11 is 0. The number of hydrogen-bond donors (Lipinski definition) is 0. The van der Waals surface area contributed by atoms with E-state index in [-0.39, 0.29) is 0 Å². The van der Waals surface area contributed by atoms with Crippen molar-refractivity contribution < 1.29 is 8.83 Å². The molecule has 11 aromatic rings. The average molecular weight is 666 g/mol. The van der Waals surface area contributed by atoms with Gasteiger partial charge < -0.3 is 8.83 Å². The Morgan fingerprint density at radius 2 is 0.923 bits per heavy atom. The van der Waals surface area contributed by atoms with Gasteiger partial charge in [0.25, 0.3) is 0 Å². The SMILES string of the molecule is c1ccc(-c2nc(-c3ccc4ccccc4c3)nc(-c3cc(-c4cccc5oc6ccccc6c45)c4c(c3)oc3cc5ccccc5cc34)n2)cc1. The Hall–Kier alpha value is -7.11. The van der Waals surface area contributed by atoms with Gasteiger partial charge in [-0.05, 0) is 75.1 Å². The van der Waals surface area contributed by atoms with E-state index in [1.165, 1.54) is 0 Å². The minimum absolute atomic E-state index is 0.565. The van der Waals surface area contributed by atoms with Crippen LogP contribution in [-0.2, 0) is 0 Å². The van der Waals surface area contributed by atoms with E-state index in [4.69, 9.17) is 23.8 Å². The molecular formula is C47H27N3O2. The molecule has 8 aromatic carbocycles. The van der Waals surface area contributed by atoms with Crippen molar-refractivity contribution in [3.8, 4) is 45.3 Å². The van der Waals surface area contributed by atoms with Crippen LogP contribution in [0.15, 0.2) is 173 Å². The highest BCUT2D eigenvalue weighted by atomic mass is 16.3. The first kappa shape index (κ1) is 28.7. The first-order valence-corrected chi connectivity index (χ1v) is 17.3. The lowest BCUT2D eigenvalue weighted by Gasteiger charge is -2.12. The Morgan fingerprint density at radius 3 is 1.75 bits per heavy atom. The van der Waals surface area contributed by atoms with E-state index in [2.05, 4.69) is 115 Å². The van der Waals surface area contributed by atoms with Crippen LogP contribution in [0.4, 0.5) is 0 Å². The Labute approximate surface area is 297 Å². The average Bonchev–Trinajstić information content (AvgIpc) is 3.77. The van der Waals surface area contributed by atoms with Gasteiger partial charge >= 0.3 is 0 Å². The fourth-order valence-corrected chi connectivity index (χ4v) is 7.61. The normalized spacial score (nSPS) is 11.8. The third-order valence-corrected chi connectivity index (χ3v) is 10.1. The molecule has 0 fully saturated rings. The van der Waals surface area contributed by atoms with Gasteiger partial charge in [-0.1, -0.05) is 121 Å². The van der Waals surface area contributed by atoms with Crippen LogP contribution < -0.4 is 0 Å². The topological polar surface area (TPSA) is 65.0 Å². The van der Waals surface area contributed by atoms with Crippen LogP contribution in [0.3, 0.4) is 0 Å². The third kappa shape index (κ3) is 4.53. The monoisotopic (exact) mass is 665 g/mol. The summed E-state index contributed by atoms with van der Waals surface area (Å²) in [7, 11) is 0. The first-order chi connectivity index (χ1) is 25.7. The molecule has 0 radical (unpaired) electrons. The molecule has 0 N–H and O–H groups in total. The van der Waals surface area contributed by atoms with E-state index in [0.29, 0.717) is 17.5 Å². The predicted octanol–water partition coefficient (Wildman–Crippen LogP) is 12.6. The van der Waals surface area contributed by atoms with E-state index >= 15 is 0 Å². The lowest BCUT2D eigenvalue weighted by Crippen LogP contribution is -2.00. The van der Waals surface area contributed by atoms with Crippen molar-refractivity contribution in [1.82, 2.24) is 15.0 Å². The summed E-state index contributed by atoms with van der Waals surface area (Å²) < 4.78 is 13.1. The Kier molecular flexibility index (Phi) is 6.18. The molecule has 0 aliphatic rings. The Balaban J connectivity index is 1.22. The molecule has 5 heteroatoms. The molecule has 11 rings (SSSR count). The maximum absolute atomic E-state index is 6.75. The lowest BCUT2D eigenvalue weighted by atomic mass is 9.93. The van der Waals surface area contributed by atoms with Gasteiger partial charge in [-0.3, -0.25) is 0 Å². The van der Waals surface area contributed by atoms with E-state index in [1.807, 2.05) is 48.5 Å². The summed E-state index contributed by atoms with van der Waals surface area (Å²) in [5, 5.41) is 8.79. The van der Waals surface area contributed by atoms with Crippen LogP contribution in [0.1, 0.15) is 0 Å². The van der Waals surface area contributed by atoms with Crippen LogP contribution in [0.25, 0.3) is 111 Å². The lowest BCUT2D eigenvalue weighted by molar-refractivity contribution is 0.668. The summed E-state index contributed by atoms with van der Waals surface area (Å²) in [6.07, 6.45) is 0. The molecule has 52 heavy (non-hydrogen) atoms. The van der Waals surface area contributed by atoms with Crippen molar-refractivity contribution in [1.29, 1.82) is 0 Å². The molecular weight excluding hydrogens is 639 g/mol. The zero-order valence-corrected chi connectivity index (χ0v) is 27.7. The number of benzene rings is 8. The number of furan rings is 2. The summed E-state index contributed by atoms with van der Waals surface area (Å²) in [6, 6.07) is 56.3. The van der Waals surface area contributed by atoms with Gasteiger partial charge in [0.2, 0.25) is 0 Å². The predicted molar refractivity (Wildman–Crippen MR) is 211 cm³/mol. The van der Waals surface area contributed by atoms with Crippen molar-refractivity contribution in [2.24, 2.45) is 0 Å². The molecule has 3 heterocycles. The summed E-state index contributed by atoms with van der Waals surface area (Å²) in [5.41, 5.74) is 8.02. The van der Waals surface area contributed by atoms with Gasteiger partial charge in [0.05, 0.1) is 0 Å². The zero-order chi connectivity index (χ0) is 34.2. The first-order valence-electron chi connectivity index (χ1n) is 17.3. The number of para-hydroxylation sites is 1. The maximum Gasteiger partial charge on any atom is 0.164 e. The number of hydrogen-bond acceptors (Lipinski definition) is 5. The summed E-state index contributed by atoms with van der Waals surface area (Å²) in [5.74, 6) is 1.78. The second-order valence-electron chi connectivity index (χ2n) is 13.2. The molecule has 0 amide bonds. The molecule has 0 atom stereocenters. The molecule has 242 valence electrons. The largest absolute Gasteiger partial charge is 0.456 e. The van der Waals surface area contributed by atoms with E-state index in [1.54, 1.807) is 0 Å². The molecule has 0 aliphatic heterocycles. The van der Waals surface area contributed by atoms with Crippen LogP contribution >= 0.6 is 0 Å². The molecule has 5 nitrogen and oxygen atoms in total. The van der Waals surface area contributed by atoms with Crippen molar-refractivity contribution in [3.63, 3.8) is 0 Å². The van der Waals surface area contributed by atoms with E-state index < -0.39 is 0 Å². The van der Waals surface area contributed by atoms with Crippen LogP contribution in [0.5, 0.6) is 0 Å². The van der Waals surface area contributed by atoms with Gasteiger partial charge in [0, 0.05) is 38.2 Å². The van der Waals surface area contributed by atoms with Gasteiger partial charge in [0.1, 0.15) is 22.3 Å². The number of aromatic nitrogens is 3. The molecule has 0 aliphatic carbocycles. The van der Waals surface area contributed by atoms with Gasteiger partial charge in [-0.2, -0.15) is 0 Å². The molecule has 0 bridgehead atoms. The van der Waals surface area contributed by atoms with Gasteiger partial charge in [-0.15, -0.1) is 0 Å². The molecule has 3 aromatic heterocycles. The van der Waals surface area contributed by atoms with E-state index in [0.717, 1.165) is 93.2 Å². The number of nitrogens with zero attached hydrogens (tertiary/aromatic N) is 3. The molecule has 0 spiro atoms. The molecule has 0 unspecified atom stereocenters. The number of rotatable bonds is 4. The van der Waals surface area contributed by atoms with Crippen molar-refractivity contribution in [3.05, 3.63) is 164 Å². The highest BCUT2D eigenvalue weighted by Gasteiger charge is 2.21. The van der Waals surface area contributed by atoms with Crippen molar-refractivity contribution in [2.45, 2.75) is 0 Å². The maximum atomic E-state index is 6.75. The minimum atomic E-state index is 0.565. The van der Waals surface area contributed by atoms with Crippen LogP contribution in [0.2, 0.25) is 0 Å². The zero-order valence-electron chi connectivity index (χ0n) is 27.7. The fourth-order valence-electron chi connectivity index (χ4n) is 7.61. The quantitative estimate of drug-likeness (QED) is 0.187. The van der Waals surface area contributed by atoms with Crippen LogP contribution in [0, 0.1) is 0 Å². The highest BCUT2D eigenvalue weighted by Crippen LogP contribution is 2.45. The second kappa shape index (κ2) is 11.2. The highest BCUT2D eigenvalue weighted by molar-refractivity contribution is 6.21. The van der Waals surface area contributed by atoms with E-state index in [9.17, 15) is 0 Å². The Bertz CT molecular complexity index is 3190. The van der Waals surface area contributed by atoms with Gasteiger partial charge in [0.15, 0.2) is 17.5 Å². The smallest absolute Gasteiger partial charge is 0.164 e. The fraction of sp³-hybridized carbons (Fsp3) is 0. The molecule has 0 saturated carbocycles. The summed E-state index contributed by atoms with van der Waals surface area (Å²) in [4.78, 5) is 15.3. The second-order valence-corrected chi connectivity index (χ2v) is 13.2. The third-order valence-electron chi connectivity index (χ3n) is 10.1. The Morgan fingerprint density at radius 1 is 0.308 bits per heavy atom. The molecule has 0 saturated heterocycles. The standard InChI is InChI=1S/C47H27N3O2/c1-2-12-29(13-3-1)45-48-46(33-22-21-28-11-4-5-14-30(28)23-33)50-47(49-45)34-25-37(35-18-10-20-40-43(35)36-17-8-9-19-39(36)51-40)44-38-24-31-15-6-7-16-32(31)26-41(38)52-42(44)27-34/h1-27H. The van der Waals surface area contributed by atoms with Crippen molar-refractivity contribution >= 4 is 65.4 Å². The van der Waals surface area contributed by atoms with Gasteiger partial charge in [-0.25, -0.2) is 15.0 Å². The van der Waals surface area contributed by atoms with Crippen LogP contribution in [-0.4, -0.2) is 15.0 Å². The summed E-state index contributed by atoms with van der Waals surface area (Å²) in [6.45, 7) is 0. The van der Waals surface area contributed by atoms with Crippen molar-refractivity contribution in [2.75, 3.05) is 0 Å².